The molecule has 176 valence electrons. The molecular formula is C24H28ClN3O4S. The first-order chi connectivity index (χ1) is 15.7. The molecule has 0 radical (unpaired) electrons. The molecule has 0 aliphatic carbocycles. The Kier molecular flexibility index (Phi) is 6.95. The van der Waals surface area contributed by atoms with Crippen LogP contribution in [0.3, 0.4) is 0 Å². The number of anilines is 2. The van der Waals surface area contributed by atoms with Crippen molar-refractivity contribution in [1.82, 2.24) is 4.90 Å². The molecule has 9 heteroatoms. The van der Waals surface area contributed by atoms with Crippen LogP contribution in [0.25, 0.3) is 0 Å². The molecule has 0 aromatic heterocycles. The van der Waals surface area contributed by atoms with Crippen molar-refractivity contribution in [3.63, 3.8) is 0 Å². The van der Waals surface area contributed by atoms with E-state index in [0.29, 0.717) is 35.3 Å². The van der Waals surface area contributed by atoms with Crippen molar-refractivity contribution < 1.29 is 18.0 Å². The third-order valence-corrected chi connectivity index (χ3v) is 7.94. The van der Waals surface area contributed by atoms with Crippen LogP contribution in [0.1, 0.15) is 38.2 Å². The Hall–Kier alpha value is -2.58. The number of rotatable bonds is 6. The number of amides is 2. The first kappa shape index (κ1) is 23.6. The molecular weight excluding hydrogens is 462 g/mol. The number of benzene rings is 2. The monoisotopic (exact) mass is 489 g/mol. The topological polar surface area (TPSA) is 86.8 Å². The first-order valence-corrected chi connectivity index (χ1v) is 13.1. The van der Waals surface area contributed by atoms with Gasteiger partial charge in [-0.15, -0.1) is 0 Å². The highest BCUT2D eigenvalue weighted by Crippen LogP contribution is 2.31. The van der Waals surface area contributed by atoms with Gasteiger partial charge in [0.2, 0.25) is 11.8 Å². The lowest BCUT2D eigenvalue weighted by atomic mass is 9.99. The second kappa shape index (κ2) is 9.73. The number of piperidine rings is 1. The van der Waals surface area contributed by atoms with E-state index in [2.05, 4.69) is 11.6 Å². The van der Waals surface area contributed by atoms with Crippen LogP contribution in [-0.2, 0) is 26.0 Å². The number of hydrogen-bond donors (Lipinski definition) is 1. The number of carbonyl (C=O) groups excluding carboxylic acids is 2. The summed E-state index contributed by atoms with van der Waals surface area (Å²) in [5.41, 5.74) is 1.89. The van der Waals surface area contributed by atoms with Gasteiger partial charge in [0.1, 0.15) is 0 Å². The number of nitrogens with one attached hydrogen (secondary N) is 1. The fourth-order valence-corrected chi connectivity index (χ4v) is 5.63. The average Bonchev–Trinajstić information content (AvgIpc) is 3.21. The highest BCUT2D eigenvalue weighted by Gasteiger charge is 2.28. The lowest BCUT2D eigenvalue weighted by Gasteiger charge is -2.30. The Labute approximate surface area is 199 Å². The van der Waals surface area contributed by atoms with Crippen molar-refractivity contribution in [2.24, 2.45) is 5.92 Å². The van der Waals surface area contributed by atoms with Gasteiger partial charge < -0.3 is 9.80 Å². The fourth-order valence-electron chi connectivity index (χ4n) is 4.34. The van der Waals surface area contributed by atoms with Gasteiger partial charge >= 0.3 is 0 Å². The van der Waals surface area contributed by atoms with E-state index in [1.165, 1.54) is 6.07 Å². The van der Waals surface area contributed by atoms with Crippen molar-refractivity contribution in [3.05, 3.63) is 53.1 Å². The molecule has 7 nitrogen and oxygen atoms in total. The van der Waals surface area contributed by atoms with Gasteiger partial charge in [0.15, 0.2) is 0 Å². The highest BCUT2D eigenvalue weighted by atomic mass is 35.5. The van der Waals surface area contributed by atoms with Gasteiger partial charge in [-0.3, -0.25) is 14.3 Å². The molecule has 0 spiro atoms. The zero-order valence-electron chi connectivity index (χ0n) is 18.6. The highest BCUT2D eigenvalue weighted by molar-refractivity contribution is 7.92. The maximum atomic E-state index is 12.8. The van der Waals surface area contributed by atoms with E-state index >= 15 is 0 Å². The maximum absolute atomic E-state index is 12.8. The van der Waals surface area contributed by atoms with Crippen LogP contribution >= 0.6 is 11.6 Å². The molecule has 1 N–H and O–H groups in total. The van der Waals surface area contributed by atoms with Gasteiger partial charge in [0.05, 0.1) is 10.6 Å². The van der Waals surface area contributed by atoms with E-state index in [1.54, 1.807) is 41.3 Å². The predicted octanol–water partition coefficient (Wildman–Crippen LogP) is 4.07. The summed E-state index contributed by atoms with van der Waals surface area (Å²) in [7, 11) is -3.79. The Morgan fingerprint density at radius 3 is 2.48 bits per heavy atom. The van der Waals surface area contributed by atoms with E-state index in [4.69, 9.17) is 11.6 Å². The third kappa shape index (κ3) is 5.50. The van der Waals surface area contributed by atoms with Crippen LogP contribution in [0, 0.1) is 5.92 Å². The van der Waals surface area contributed by atoms with Crippen LogP contribution in [0.4, 0.5) is 11.4 Å². The molecule has 0 bridgehead atoms. The quantitative estimate of drug-likeness (QED) is 0.662. The molecule has 4 rings (SSSR count). The molecule has 2 aromatic rings. The van der Waals surface area contributed by atoms with Crippen molar-refractivity contribution in [2.45, 2.75) is 43.9 Å². The van der Waals surface area contributed by atoms with Crippen molar-refractivity contribution in [3.8, 4) is 0 Å². The van der Waals surface area contributed by atoms with E-state index < -0.39 is 10.0 Å². The predicted molar refractivity (Wildman–Crippen MR) is 129 cm³/mol. The van der Waals surface area contributed by atoms with E-state index in [9.17, 15) is 18.0 Å². The van der Waals surface area contributed by atoms with Crippen LogP contribution in [0.5, 0.6) is 0 Å². The summed E-state index contributed by atoms with van der Waals surface area (Å²) in [6.07, 6.45) is 2.95. The summed E-state index contributed by atoms with van der Waals surface area (Å²) >= 11 is 5.94. The minimum absolute atomic E-state index is 0.0307. The van der Waals surface area contributed by atoms with Gasteiger partial charge in [-0.25, -0.2) is 8.42 Å². The number of carbonyl (C=O) groups is 2. The summed E-state index contributed by atoms with van der Waals surface area (Å²) in [6, 6.07) is 11.3. The number of fused-ring (bicyclic) bond motifs is 1. The van der Waals surface area contributed by atoms with Gasteiger partial charge in [-0.05, 0) is 67.1 Å². The molecule has 2 heterocycles. The van der Waals surface area contributed by atoms with Crippen LogP contribution in [-0.4, -0.2) is 44.8 Å². The van der Waals surface area contributed by atoms with Crippen LogP contribution in [0.15, 0.2) is 47.4 Å². The molecule has 0 atom stereocenters. The maximum Gasteiger partial charge on any atom is 0.261 e. The van der Waals surface area contributed by atoms with Crippen molar-refractivity contribution in [1.29, 1.82) is 0 Å². The van der Waals surface area contributed by atoms with E-state index in [-0.39, 0.29) is 29.6 Å². The molecule has 33 heavy (non-hydrogen) atoms. The summed E-state index contributed by atoms with van der Waals surface area (Å²) in [4.78, 5) is 28.9. The third-order valence-electron chi connectivity index (χ3n) is 6.32. The lowest BCUT2D eigenvalue weighted by Crippen LogP contribution is -2.38. The second-order valence-electron chi connectivity index (χ2n) is 8.77. The summed E-state index contributed by atoms with van der Waals surface area (Å²) in [5.74, 6) is 0.564. The number of hydrogen-bond acceptors (Lipinski definition) is 4. The molecule has 1 fully saturated rings. The standard InChI is InChI=1S/C24H28ClN3O4S/c1-17-9-12-27(13-10-17)23(29)7-8-24(30)28-14-11-18-15-21(5-6-22(18)28)33(31,32)26-20-4-2-3-19(25)16-20/h2-6,15-17,26H,7-14H2,1H3. The zero-order valence-corrected chi connectivity index (χ0v) is 20.2. The molecule has 2 aliphatic rings. The fraction of sp³-hybridized carbons (Fsp3) is 0.417. The smallest absolute Gasteiger partial charge is 0.261 e. The zero-order chi connectivity index (χ0) is 23.6. The molecule has 0 saturated carbocycles. The van der Waals surface area contributed by atoms with Gasteiger partial charge in [-0.1, -0.05) is 24.6 Å². The molecule has 2 aromatic carbocycles. The summed E-state index contributed by atoms with van der Waals surface area (Å²) in [6.45, 7) is 4.21. The Morgan fingerprint density at radius 2 is 1.76 bits per heavy atom. The largest absolute Gasteiger partial charge is 0.343 e. The number of likely N-dealkylation sites (tertiary alicyclic amines) is 1. The van der Waals surface area contributed by atoms with Crippen LogP contribution < -0.4 is 9.62 Å². The Balaban J connectivity index is 1.39. The van der Waals surface area contributed by atoms with E-state index in [0.717, 1.165) is 31.5 Å². The Morgan fingerprint density at radius 1 is 1.03 bits per heavy atom. The van der Waals surface area contributed by atoms with Crippen LogP contribution in [0.2, 0.25) is 5.02 Å². The SMILES string of the molecule is CC1CCN(C(=O)CCC(=O)N2CCc3cc(S(=O)(=O)Nc4cccc(Cl)c4)ccc32)CC1. The molecule has 2 aliphatic heterocycles. The van der Waals surface area contributed by atoms with Gasteiger partial charge in [0, 0.05) is 43.2 Å². The minimum atomic E-state index is -3.79. The summed E-state index contributed by atoms with van der Waals surface area (Å²) in [5, 5.41) is 0.437. The average molecular weight is 490 g/mol. The number of halogens is 1. The number of sulfonamides is 1. The Bertz CT molecular complexity index is 1160. The van der Waals surface area contributed by atoms with Crippen molar-refractivity contribution >= 4 is 44.8 Å². The number of nitrogens with zero attached hydrogens (tertiary/aromatic N) is 2. The molecule has 0 unspecified atom stereocenters. The van der Waals surface area contributed by atoms with Crippen molar-refractivity contribution in [2.75, 3.05) is 29.3 Å². The minimum Gasteiger partial charge on any atom is -0.343 e. The molecule has 1 saturated heterocycles. The van der Waals surface area contributed by atoms with E-state index in [1.807, 2.05) is 4.90 Å². The molecule has 2 amide bonds. The summed E-state index contributed by atoms with van der Waals surface area (Å²) < 4.78 is 28.1. The second-order valence-corrected chi connectivity index (χ2v) is 10.9. The van der Waals surface area contributed by atoms with Gasteiger partial charge in [-0.2, -0.15) is 0 Å². The lowest BCUT2D eigenvalue weighted by molar-refractivity contribution is -0.134. The van der Waals surface area contributed by atoms with Gasteiger partial charge in [0.25, 0.3) is 10.0 Å². The first-order valence-electron chi connectivity index (χ1n) is 11.2. The normalized spacial score (nSPS) is 16.5.